The van der Waals surface area contributed by atoms with E-state index in [1.807, 2.05) is 30.3 Å². The molecule has 4 saturated carbocycles. The van der Waals surface area contributed by atoms with Gasteiger partial charge in [0.2, 0.25) is 5.91 Å². The Hall–Kier alpha value is -1.55. The van der Waals surface area contributed by atoms with E-state index in [2.05, 4.69) is 9.80 Å². The number of para-hydroxylation sites is 1. The van der Waals surface area contributed by atoms with E-state index in [1.54, 1.807) is 0 Å². The Labute approximate surface area is 162 Å². The number of amides is 1. The van der Waals surface area contributed by atoms with E-state index in [9.17, 15) is 4.79 Å². The molecule has 1 heterocycles. The molecule has 0 radical (unpaired) electrons. The van der Waals surface area contributed by atoms with Gasteiger partial charge in [0.15, 0.2) is 0 Å². The second kappa shape index (κ2) is 7.12. The molecular weight excluding hydrogens is 336 g/mol. The molecule has 5 fully saturated rings. The highest BCUT2D eigenvalue weighted by Gasteiger charge is 2.55. The first-order chi connectivity index (χ1) is 13.2. The number of carbonyl (C=O) groups is 1. The lowest BCUT2D eigenvalue weighted by molar-refractivity contribution is -0.159. The van der Waals surface area contributed by atoms with E-state index in [4.69, 9.17) is 4.74 Å². The molecule has 1 aromatic rings. The van der Waals surface area contributed by atoms with Crippen molar-refractivity contribution < 1.29 is 9.53 Å². The van der Waals surface area contributed by atoms with Gasteiger partial charge in [0.1, 0.15) is 12.4 Å². The summed E-state index contributed by atoms with van der Waals surface area (Å²) in [4.78, 5) is 18.1. The van der Waals surface area contributed by atoms with Gasteiger partial charge in [-0.2, -0.15) is 0 Å². The monoisotopic (exact) mass is 368 g/mol. The fourth-order valence-corrected chi connectivity index (χ4v) is 6.69. The number of rotatable bonds is 5. The Morgan fingerprint density at radius 2 is 1.52 bits per heavy atom. The van der Waals surface area contributed by atoms with Gasteiger partial charge in [0.05, 0.1) is 5.41 Å². The van der Waals surface area contributed by atoms with Crippen LogP contribution < -0.4 is 4.74 Å². The molecule has 4 aliphatic carbocycles. The van der Waals surface area contributed by atoms with Gasteiger partial charge >= 0.3 is 0 Å². The highest BCUT2D eigenvalue weighted by molar-refractivity contribution is 5.83. The lowest BCUT2D eigenvalue weighted by atomic mass is 9.49. The van der Waals surface area contributed by atoms with Crippen LogP contribution in [0, 0.1) is 23.2 Å². The van der Waals surface area contributed by atoms with Crippen LogP contribution in [-0.4, -0.2) is 55.0 Å². The van der Waals surface area contributed by atoms with Gasteiger partial charge in [-0.15, -0.1) is 0 Å². The minimum Gasteiger partial charge on any atom is -0.492 e. The summed E-state index contributed by atoms with van der Waals surface area (Å²) in [5.41, 5.74) is 0.0212. The Balaban J connectivity index is 1.11. The topological polar surface area (TPSA) is 32.8 Å². The molecule has 0 unspecified atom stereocenters. The lowest BCUT2D eigenvalue weighted by Gasteiger charge is -2.57. The van der Waals surface area contributed by atoms with Crippen molar-refractivity contribution in [3.63, 3.8) is 0 Å². The summed E-state index contributed by atoms with van der Waals surface area (Å²) in [5.74, 6) is 3.97. The molecule has 4 bridgehead atoms. The minimum atomic E-state index is 0.0212. The first-order valence-electron chi connectivity index (χ1n) is 10.9. The number of hydrogen-bond donors (Lipinski definition) is 0. The predicted octanol–water partition coefficient (Wildman–Crippen LogP) is 3.43. The van der Waals surface area contributed by atoms with Crippen LogP contribution in [0.3, 0.4) is 0 Å². The summed E-state index contributed by atoms with van der Waals surface area (Å²) < 4.78 is 5.83. The quantitative estimate of drug-likeness (QED) is 0.798. The van der Waals surface area contributed by atoms with Gasteiger partial charge in [-0.05, 0) is 68.4 Å². The van der Waals surface area contributed by atoms with E-state index >= 15 is 0 Å². The Morgan fingerprint density at radius 3 is 2.11 bits per heavy atom. The Kier molecular flexibility index (Phi) is 4.63. The molecule has 1 aliphatic heterocycles. The van der Waals surface area contributed by atoms with Gasteiger partial charge in [0, 0.05) is 32.7 Å². The minimum absolute atomic E-state index is 0.0212. The third-order valence-corrected chi connectivity index (χ3v) is 7.57. The second-order valence-corrected chi connectivity index (χ2v) is 9.49. The maximum atomic E-state index is 13.4. The van der Waals surface area contributed by atoms with Crippen molar-refractivity contribution in [2.45, 2.75) is 38.5 Å². The van der Waals surface area contributed by atoms with E-state index < -0.39 is 0 Å². The maximum Gasteiger partial charge on any atom is 0.228 e. The van der Waals surface area contributed by atoms with Gasteiger partial charge in [-0.3, -0.25) is 9.69 Å². The normalized spacial score (nSPS) is 35.4. The molecule has 27 heavy (non-hydrogen) atoms. The predicted molar refractivity (Wildman–Crippen MR) is 106 cm³/mol. The zero-order valence-corrected chi connectivity index (χ0v) is 16.3. The summed E-state index contributed by atoms with van der Waals surface area (Å²) in [6, 6.07) is 10.0. The zero-order chi connectivity index (χ0) is 18.3. The first-order valence-corrected chi connectivity index (χ1v) is 10.9. The number of hydrogen-bond acceptors (Lipinski definition) is 3. The molecule has 0 aromatic heterocycles. The molecule has 146 valence electrons. The fraction of sp³-hybridized carbons (Fsp3) is 0.696. The molecule has 5 aliphatic rings. The van der Waals surface area contributed by atoms with E-state index in [0.29, 0.717) is 12.5 Å². The molecule has 4 heteroatoms. The molecule has 0 N–H and O–H groups in total. The largest absolute Gasteiger partial charge is 0.492 e. The number of nitrogens with zero attached hydrogens (tertiary/aromatic N) is 2. The molecule has 1 amide bonds. The van der Waals surface area contributed by atoms with Crippen LogP contribution in [0.25, 0.3) is 0 Å². The Morgan fingerprint density at radius 1 is 0.926 bits per heavy atom. The SMILES string of the molecule is O=C(N1CCN(CCOc2ccccc2)CC1)C12CC3CC(CC(C3)C1)C2. The van der Waals surface area contributed by atoms with Crippen molar-refractivity contribution in [1.29, 1.82) is 0 Å². The highest BCUT2D eigenvalue weighted by atomic mass is 16.5. The second-order valence-electron chi connectivity index (χ2n) is 9.49. The third kappa shape index (κ3) is 3.49. The number of benzene rings is 1. The van der Waals surface area contributed by atoms with Crippen LogP contribution in [0.2, 0.25) is 0 Å². The van der Waals surface area contributed by atoms with Crippen molar-refractivity contribution in [1.82, 2.24) is 9.80 Å². The fourth-order valence-electron chi connectivity index (χ4n) is 6.69. The van der Waals surface area contributed by atoms with Crippen LogP contribution in [-0.2, 0) is 4.79 Å². The maximum absolute atomic E-state index is 13.4. The molecule has 4 nitrogen and oxygen atoms in total. The summed E-state index contributed by atoms with van der Waals surface area (Å²) in [7, 11) is 0. The highest BCUT2D eigenvalue weighted by Crippen LogP contribution is 2.60. The van der Waals surface area contributed by atoms with Crippen LogP contribution in [0.1, 0.15) is 38.5 Å². The van der Waals surface area contributed by atoms with Crippen LogP contribution in [0.4, 0.5) is 0 Å². The average molecular weight is 369 g/mol. The molecule has 1 aromatic carbocycles. The average Bonchev–Trinajstić information content (AvgIpc) is 2.68. The van der Waals surface area contributed by atoms with E-state index in [-0.39, 0.29) is 5.41 Å². The number of ether oxygens (including phenoxy) is 1. The molecule has 0 spiro atoms. The van der Waals surface area contributed by atoms with E-state index in [0.717, 1.165) is 56.2 Å². The van der Waals surface area contributed by atoms with Gasteiger partial charge in [0.25, 0.3) is 0 Å². The molecule has 1 saturated heterocycles. The van der Waals surface area contributed by atoms with Crippen molar-refractivity contribution in [2.75, 3.05) is 39.3 Å². The van der Waals surface area contributed by atoms with Crippen LogP contribution in [0.15, 0.2) is 30.3 Å². The smallest absolute Gasteiger partial charge is 0.228 e. The molecular formula is C23H32N2O2. The van der Waals surface area contributed by atoms with Gasteiger partial charge < -0.3 is 9.64 Å². The Bertz CT molecular complexity index is 631. The third-order valence-electron chi connectivity index (χ3n) is 7.57. The summed E-state index contributed by atoms with van der Waals surface area (Å²) in [5, 5.41) is 0. The van der Waals surface area contributed by atoms with E-state index in [1.165, 1.54) is 38.5 Å². The lowest BCUT2D eigenvalue weighted by Crippen LogP contribution is -2.58. The summed E-state index contributed by atoms with van der Waals surface area (Å²) >= 11 is 0. The van der Waals surface area contributed by atoms with Crippen LogP contribution in [0.5, 0.6) is 5.75 Å². The first kappa shape index (κ1) is 17.5. The number of carbonyl (C=O) groups excluding carboxylic acids is 1. The summed E-state index contributed by atoms with van der Waals surface area (Å²) in [6.07, 6.45) is 7.76. The summed E-state index contributed by atoms with van der Waals surface area (Å²) in [6.45, 7) is 5.41. The van der Waals surface area contributed by atoms with Crippen molar-refractivity contribution >= 4 is 5.91 Å². The van der Waals surface area contributed by atoms with Gasteiger partial charge in [-0.25, -0.2) is 0 Å². The standard InChI is InChI=1S/C23H32N2O2/c26-22(23-15-18-12-19(16-23)14-20(13-18)17-23)25-8-6-24(7-9-25)10-11-27-21-4-2-1-3-5-21/h1-5,18-20H,6-17H2. The van der Waals surface area contributed by atoms with Gasteiger partial charge in [-0.1, -0.05) is 18.2 Å². The molecule has 6 rings (SSSR count). The van der Waals surface area contributed by atoms with Crippen LogP contribution >= 0.6 is 0 Å². The van der Waals surface area contributed by atoms with Crippen molar-refractivity contribution in [3.05, 3.63) is 30.3 Å². The van der Waals surface area contributed by atoms with Crippen molar-refractivity contribution in [3.8, 4) is 5.75 Å². The number of piperazine rings is 1. The molecule has 0 atom stereocenters. The zero-order valence-electron chi connectivity index (χ0n) is 16.3. The van der Waals surface area contributed by atoms with Crippen molar-refractivity contribution in [2.24, 2.45) is 23.2 Å².